The molecule has 0 saturated carbocycles. The predicted molar refractivity (Wildman–Crippen MR) is 95.7 cm³/mol. The normalized spacial score (nSPS) is 13.8. The van der Waals surface area contributed by atoms with Gasteiger partial charge in [0.05, 0.1) is 0 Å². The van der Waals surface area contributed by atoms with Gasteiger partial charge in [-0.15, -0.1) is 10.2 Å². The number of benzene rings is 1. The fourth-order valence-corrected chi connectivity index (χ4v) is 2.87. The molecule has 0 spiro atoms. The molecule has 9 heteroatoms. The van der Waals surface area contributed by atoms with E-state index < -0.39 is 12.1 Å². The lowest BCUT2D eigenvalue weighted by atomic mass is 10.0. The number of ether oxygens (including phenoxy) is 1. The van der Waals surface area contributed by atoms with Gasteiger partial charge in [-0.2, -0.15) is 13.2 Å². The largest absolute Gasteiger partial charge is 0.487 e. The molecule has 0 saturated heterocycles. The topological polar surface area (TPSA) is 55.3 Å². The Morgan fingerprint density at radius 3 is 2.50 bits per heavy atom. The summed E-state index contributed by atoms with van der Waals surface area (Å²) in [6.07, 6.45) is -4.13. The number of carbonyl (C=O) groups excluding carboxylic acids is 1. The van der Waals surface area contributed by atoms with Gasteiger partial charge in [-0.25, -0.2) is 0 Å². The molecule has 28 heavy (non-hydrogen) atoms. The minimum absolute atomic E-state index is 0.000820. The third-order valence-corrected chi connectivity index (χ3v) is 4.24. The highest BCUT2D eigenvalue weighted by molar-refractivity contribution is 6.08. The number of alkyl halides is 3. The summed E-state index contributed by atoms with van der Waals surface area (Å²) in [6, 6.07) is 8.72. The quantitative estimate of drug-likeness (QED) is 0.585. The Bertz CT molecular complexity index is 921. The monoisotopic (exact) mass is 385 g/mol. The number of halogens is 3. The van der Waals surface area contributed by atoms with Gasteiger partial charge in [-0.3, -0.25) is 4.79 Å². The molecular weight excluding hydrogens is 370 g/mol. The van der Waals surface area contributed by atoms with Crippen molar-refractivity contribution in [1.82, 2.24) is 15.1 Å². The summed E-state index contributed by atoms with van der Waals surface area (Å²) in [7, 11) is 5.25. The molecule has 0 fully saturated rings. The zero-order valence-electron chi connectivity index (χ0n) is 14.8. The molecule has 2 heterocycles. The molecule has 0 atom stereocenters. The minimum atomic E-state index is -4.85. The fraction of sp³-hybridized carbons (Fsp3) is 0.316. The Hall–Kier alpha value is -3.02. The lowest BCUT2D eigenvalue weighted by Crippen LogP contribution is -2.42. The number of hydrogen-bond acceptors (Lipinski definition) is 4. The van der Waals surface area contributed by atoms with E-state index in [9.17, 15) is 18.0 Å². The Morgan fingerprint density at radius 2 is 1.86 bits per heavy atom. The van der Waals surface area contributed by atoms with Crippen LogP contribution in [0.4, 0.5) is 13.2 Å². The summed E-state index contributed by atoms with van der Waals surface area (Å²) in [6.45, 7) is 0.0698. The highest BCUT2D eigenvalue weighted by Crippen LogP contribution is 2.23. The Morgan fingerprint density at radius 1 is 1.11 bits per heavy atom. The standard InChI is InChI=1S/C19H15BF3N3O2/c20-12-28-17-6-5-16(24-25-17)4-2-13-1-3-14-7-9-26(10-8-15(14)11-13)18(27)19(21,22)23/h1,3,5-6,11H,7-10,12H2. The molecule has 0 aliphatic carbocycles. The van der Waals surface area contributed by atoms with Gasteiger partial charge in [-0.05, 0) is 48.1 Å². The van der Waals surface area contributed by atoms with Gasteiger partial charge < -0.3 is 9.64 Å². The molecule has 2 radical (unpaired) electrons. The van der Waals surface area contributed by atoms with Crippen LogP contribution < -0.4 is 4.74 Å². The van der Waals surface area contributed by atoms with Crippen molar-refractivity contribution in [3.05, 3.63) is 52.7 Å². The highest BCUT2D eigenvalue weighted by atomic mass is 19.4. The zero-order valence-corrected chi connectivity index (χ0v) is 14.8. The molecule has 5 nitrogen and oxygen atoms in total. The highest BCUT2D eigenvalue weighted by Gasteiger charge is 2.42. The van der Waals surface area contributed by atoms with Crippen molar-refractivity contribution in [2.24, 2.45) is 0 Å². The van der Waals surface area contributed by atoms with Crippen LogP contribution in [0.1, 0.15) is 22.4 Å². The first-order chi connectivity index (χ1) is 13.4. The van der Waals surface area contributed by atoms with E-state index in [0.29, 0.717) is 30.0 Å². The van der Waals surface area contributed by atoms with Gasteiger partial charge in [0, 0.05) is 31.2 Å². The van der Waals surface area contributed by atoms with Crippen molar-refractivity contribution in [2.45, 2.75) is 19.0 Å². The number of nitrogens with zero attached hydrogens (tertiary/aromatic N) is 3. The van der Waals surface area contributed by atoms with Crippen molar-refractivity contribution in [1.29, 1.82) is 0 Å². The van der Waals surface area contributed by atoms with E-state index >= 15 is 0 Å². The van der Waals surface area contributed by atoms with Crippen molar-refractivity contribution in [3.8, 4) is 17.7 Å². The summed E-state index contributed by atoms with van der Waals surface area (Å²) < 4.78 is 43.0. The second kappa shape index (κ2) is 8.34. The van der Waals surface area contributed by atoms with Crippen LogP contribution in [-0.2, 0) is 17.6 Å². The van der Waals surface area contributed by atoms with Crippen LogP contribution in [0.5, 0.6) is 5.88 Å². The van der Waals surface area contributed by atoms with Gasteiger partial charge in [-0.1, -0.05) is 12.0 Å². The average Bonchev–Trinajstić information content (AvgIpc) is 2.88. The van der Waals surface area contributed by atoms with Crippen LogP contribution >= 0.6 is 0 Å². The number of fused-ring (bicyclic) bond motifs is 1. The van der Waals surface area contributed by atoms with Crippen molar-refractivity contribution in [3.63, 3.8) is 0 Å². The van der Waals surface area contributed by atoms with Gasteiger partial charge in [0.1, 0.15) is 13.5 Å². The first-order valence-electron chi connectivity index (χ1n) is 8.53. The molecule has 1 aromatic heterocycles. The molecule has 1 amide bonds. The molecule has 3 rings (SSSR count). The molecule has 0 unspecified atom stereocenters. The summed E-state index contributed by atoms with van der Waals surface area (Å²) in [5.74, 6) is 4.35. The number of carbonyl (C=O) groups is 1. The first-order valence-corrected chi connectivity index (χ1v) is 8.53. The van der Waals surface area contributed by atoms with E-state index in [2.05, 4.69) is 22.0 Å². The van der Waals surface area contributed by atoms with Crippen molar-refractivity contribution < 1.29 is 22.7 Å². The molecular formula is C19H15BF3N3O2. The van der Waals surface area contributed by atoms with Crippen LogP contribution in [-0.4, -0.2) is 54.6 Å². The number of aromatic nitrogens is 2. The predicted octanol–water partition coefficient (Wildman–Crippen LogP) is 1.87. The summed E-state index contributed by atoms with van der Waals surface area (Å²) in [5.41, 5.74) is 2.97. The maximum Gasteiger partial charge on any atom is 0.471 e. The van der Waals surface area contributed by atoms with Crippen LogP contribution in [0.3, 0.4) is 0 Å². The maximum atomic E-state index is 12.7. The Kier molecular flexibility index (Phi) is 5.88. The van der Waals surface area contributed by atoms with Crippen LogP contribution in [0.2, 0.25) is 0 Å². The van der Waals surface area contributed by atoms with Crippen LogP contribution in [0, 0.1) is 11.8 Å². The summed E-state index contributed by atoms with van der Waals surface area (Å²) >= 11 is 0. The van der Waals surface area contributed by atoms with Gasteiger partial charge in [0.2, 0.25) is 5.88 Å². The van der Waals surface area contributed by atoms with Crippen LogP contribution in [0.25, 0.3) is 0 Å². The Labute approximate surface area is 161 Å². The summed E-state index contributed by atoms with van der Waals surface area (Å²) in [4.78, 5) is 12.3. The van der Waals surface area contributed by atoms with Crippen molar-refractivity contribution in [2.75, 3.05) is 19.6 Å². The van der Waals surface area contributed by atoms with Crippen molar-refractivity contribution >= 4 is 13.8 Å². The molecule has 1 aliphatic heterocycles. The molecule has 0 N–H and O–H groups in total. The van der Waals surface area contributed by atoms with E-state index in [0.717, 1.165) is 16.0 Å². The van der Waals surface area contributed by atoms with Crippen LogP contribution in [0.15, 0.2) is 30.3 Å². The molecule has 142 valence electrons. The van der Waals surface area contributed by atoms with E-state index in [1.165, 1.54) is 0 Å². The summed E-state index contributed by atoms with van der Waals surface area (Å²) in [5, 5.41) is 7.74. The number of rotatable bonds is 2. The van der Waals surface area contributed by atoms with E-state index in [1.54, 1.807) is 18.2 Å². The minimum Gasteiger partial charge on any atom is -0.487 e. The Balaban J connectivity index is 1.72. The van der Waals surface area contributed by atoms with E-state index in [-0.39, 0.29) is 19.6 Å². The van der Waals surface area contributed by atoms with Gasteiger partial charge in [0.25, 0.3) is 0 Å². The second-order valence-corrected chi connectivity index (χ2v) is 6.09. The van der Waals surface area contributed by atoms with Gasteiger partial charge >= 0.3 is 12.1 Å². The molecule has 1 aliphatic rings. The molecule has 2 aromatic rings. The molecule has 1 aromatic carbocycles. The third-order valence-electron chi connectivity index (χ3n) is 4.24. The smallest absolute Gasteiger partial charge is 0.471 e. The third kappa shape index (κ3) is 4.82. The average molecular weight is 385 g/mol. The van der Waals surface area contributed by atoms with Gasteiger partial charge in [0.15, 0.2) is 0 Å². The number of hydrogen-bond donors (Lipinski definition) is 0. The van der Waals surface area contributed by atoms with E-state index in [1.807, 2.05) is 12.1 Å². The SMILES string of the molecule is [B]COc1ccc(C#Cc2ccc3c(c2)CCN(C(=O)C(F)(F)F)CC3)nn1. The molecule has 0 bridgehead atoms. The lowest BCUT2D eigenvalue weighted by Gasteiger charge is -2.21. The number of amides is 1. The lowest BCUT2D eigenvalue weighted by molar-refractivity contribution is -0.185. The zero-order chi connectivity index (χ0) is 20.1. The first kappa shape index (κ1) is 19.7. The fourth-order valence-electron chi connectivity index (χ4n) is 2.87. The maximum absolute atomic E-state index is 12.7. The van der Waals surface area contributed by atoms with E-state index in [4.69, 9.17) is 12.6 Å². The second-order valence-electron chi connectivity index (χ2n) is 6.09.